The standard InChI is InChI=1S/C12H11F3N2O3S/c13-12(14,15)9-3-1-2-8(6-9)11-16-10(20-17-11)7-21(19)5-4-18/h1-3,6,18H,4-5,7H2. The number of rotatable bonds is 5. The number of aromatic nitrogens is 2. The van der Waals surface area contributed by atoms with Crippen LogP contribution in [0.15, 0.2) is 28.8 Å². The van der Waals surface area contributed by atoms with Crippen molar-refractivity contribution in [2.45, 2.75) is 11.9 Å². The topological polar surface area (TPSA) is 76.2 Å². The summed E-state index contributed by atoms with van der Waals surface area (Å²) >= 11 is 0. The largest absolute Gasteiger partial charge is 0.416 e. The minimum Gasteiger partial charge on any atom is -0.395 e. The van der Waals surface area contributed by atoms with Gasteiger partial charge in [0.2, 0.25) is 11.7 Å². The molecule has 0 aliphatic carbocycles. The molecule has 1 atom stereocenters. The highest BCUT2D eigenvalue weighted by Crippen LogP contribution is 2.31. The van der Waals surface area contributed by atoms with Crippen LogP contribution in [0.25, 0.3) is 11.4 Å². The Morgan fingerprint density at radius 3 is 2.76 bits per heavy atom. The summed E-state index contributed by atoms with van der Waals surface area (Å²) in [5.74, 6) is 0.0691. The SMILES string of the molecule is O=S(CCO)Cc1nc(-c2cccc(C(F)(F)F)c2)no1. The van der Waals surface area contributed by atoms with Crippen molar-refractivity contribution >= 4 is 10.8 Å². The van der Waals surface area contributed by atoms with Crippen molar-refractivity contribution < 1.29 is 27.0 Å². The summed E-state index contributed by atoms with van der Waals surface area (Å²) in [5.41, 5.74) is -0.650. The summed E-state index contributed by atoms with van der Waals surface area (Å²) in [6, 6.07) is 4.53. The molecule has 0 aliphatic rings. The molecule has 1 unspecified atom stereocenters. The van der Waals surface area contributed by atoms with Gasteiger partial charge in [-0.2, -0.15) is 18.2 Å². The Labute approximate surface area is 120 Å². The molecule has 2 rings (SSSR count). The van der Waals surface area contributed by atoms with Gasteiger partial charge in [0.05, 0.1) is 12.2 Å². The maximum absolute atomic E-state index is 12.6. The van der Waals surface area contributed by atoms with Crippen LogP contribution in [0.2, 0.25) is 0 Å². The van der Waals surface area contributed by atoms with Crippen molar-refractivity contribution in [3.05, 3.63) is 35.7 Å². The number of nitrogens with zero attached hydrogens (tertiary/aromatic N) is 2. The second-order valence-corrected chi connectivity index (χ2v) is 5.68. The van der Waals surface area contributed by atoms with Crippen LogP contribution in [0.5, 0.6) is 0 Å². The van der Waals surface area contributed by atoms with Gasteiger partial charge in [-0.05, 0) is 12.1 Å². The summed E-state index contributed by atoms with van der Waals surface area (Å²) in [6.45, 7) is -0.235. The van der Waals surface area contributed by atoms with Crippen molar-refractivity contribution in [2.24, 2.45) is 0 Å². The van der Waals surface area contributed by atoms with Gasteiger partial charge in [0, 0.05) is 22.1 Å². The van der Waals surface area contributed by atoms with E-state index in [1.54, 1.807) is 0 Å². The van der Waals surface area contributed by atoms with E-state index >= 15 is 0 Å². The van der Waals surface area contributed by atoms with E-state index in [2.05, 4.69) is 10.1 Å². The first-order chi connectivity index (χ1) is 9.90. The molecule has 1 N–H and O–H groups in total. The van der Waals surface area contributed by atoms with Crippen LogP contribution < -0.4 is 0 Å². The number of halogens is 3. The predicted molar refractivity (Wildman–Crippen MR) is 68.5 cm³/mol. The molecule has 0 aliphatic heterocycles. The molecule has 1 heterocycles. The smallest absolute Gasteiger partial charge is 0.395 e. The fourth-order valence-electron chi connectivity index (χ4n) is 1.58. The molecule has 5 nitrogen and oxygen atoms in total. The number of aliphatic hydroxyl groups excluding tert-OH is 1. The van der Waals surface area contributed by atoms with E-state index in [1.165, 1.54) is 12.1 Å². The predicted octanol–water partition coefficient (Wildman–Crippen LogP) is 2.00. The zero-order valence-electron chi connectivity index (χ0n) is 10.6. The van der Waals surface area contributed by atoms with Gasteiger partial charge in [-0.25, -0.2) is 0 Å². The number of benzene rings is 1. The van der Waals surface area contributed by atoms with E-state index in [-0.39, 0.29) is 35.4 Å². The average molecular weight is 320 g/mol. The third-order valence-corrected chi connectivity index (χ3v) is 3.73. The van der Waals surface area contributed by atoms with Crippen LogP contribution in [0.3, 0.4) is 0 Å². The van der Waals surface area contributed by atoms with Crippen LogP contribution in [0.1, 0.15) is 11.5 Å². The average Bonchev–Trinajstić information content (AvgIpc) is 2.86. The minimum atomic E-state index is -4.45. The maximum atomic E-state index is 12.6. The molecule has 0 spiro atoms. The van der Waals surface area contributed by atoms with E-state index in [9.17, 15) is 17.4 Å². The van der Waals surface area contributed by atoms with Crippen LogP contribution in [-0.2, 0) is 22.7 Å². The van der Waals surface area contributed by atoms with E-state index in [0.717, 1.165) is 12.1 Å². The molecule has 0 fully saturated rings. The van der Waals surface area contributed by atoms with Gasteiger partial charge < -0.3 is 9.63 Å². The molecular weight excluding hydrogens is 309 g/mol. The molecule has 1 aromatic carbocycles. The highest BCUT2D eigenvalue weighted by atomic mass is 32.2. The zero-order valence-corrected chi connectivity index (χ0v) is 11.4. The van der Waals surface area contributed by atoms with Crippen LogP contribution in [-0.4, -0.2) is 31.8 Å². The van der Waals surface area contributed by atoms with E-state index in [0.29, 0.717) is 0 Å². The molecule has 2 aromatic rings. The minimum absolute atomic E-state index is 0.00269. The fraction of sp³-hybridized carbons (Fsp3) is 0.333. The van der Waals surface area contributed by atoms with Gasteiger partial charge in [-0.1, -0.05) is 17.3 Å². The first kappa shape index (κ1) is 15.6. The molecule has 114 valence electrons. The van der Waals surface area contributed by atoms with E-state index in [4.69, 9.17) is 9.63 Å². The Kier molecular flexibility index (Phi) is 4.73. The third-order valence-electron chi connectivity index (χ3n) is 2.52. The lowest BCUT2D eigenvalue weighted by Gasteiger charge is -2.06. The molecule has 1 aromatic heterocycles. The van der Waals surface area contributed by atoms with Crippen molar-refractivity contribution in [1.82, 2.24) is 10.1 Å². The van der Waals surface area contributed by atoms with Crippen LogP contribution >= 0.6 is 0 Å². The molecule has 0 bridgehead atoms. The lowest BCUT2D eigenvalue weighted by atomic mass is 10.1. The molecule has 0 radical (unpaired) electrons. The quantitative estimate of drug-likeness (QED) is 0.912. The molecular formula is C12H11F3N2O3S. The first-order valence-corrected chi connectivity index (χ1v) is 7.35. The van der Waals surface area contributed by atoms with Gasteiger partial charge >= 0.3 is 6.18 Å². The third kappa shape index (κ3) is 4.11. The Hall–Kier alpha value is -1.74. The summed E-state index contributed by atoms with van der Waals surface area (Å²) in [6.07, 6.45) is -4.45. The van der Waals surface area contributed by atoms with Gasteiger partial charge in [0.1, 0.15) is 5.75 Å². The number of alkyl halides is 3. The Morgan fingerprint density at radius 1 is 1.33 bits per heavy atom. The normalized spacial score (nSPS) is 13.3. The summed E-state index contributed by atoms with van der Waals surface area (Å²) < 4.78 is 54.1. The highest BCUT2D eigenvalue weighted by molar-refractivity contribution is 7.84. The van der Waals surface area contributed by atoms with Crippen molar-refractivity contribution in [3.63, 3.8) is 0 Å². The monoisotopic (exact) mass is 320 g/mol. The second kappa shape index (κ2) is 6.35. The lowest BCUT2D eigenvalue weighted by molar-refractivity contribution is -0.137. The molecule has 21 heavy (non-hydrogen) atoms. The Bertz CT molecular complexity index is 643. The Balaban J connectivity index is 2.20. The second-order valence-electron chi connectivity index (χ2n) is 4.10. The van der Waals surface area contributed by atoms with Gasteiger partial charge in [-0.3, -0.25) is 4.21 Å². The fourth-order valence-corrected chi connectivity index (χ4v) is 2.32. The van der Waals surface area contributed by atoms with Crippen molar-refractivity contribution in [3.8, 4) is 11.4 Å². The number of hydrogen-bond donors (Lipinski definition) is 1. The molecule has 0 amide bonds. The van der Waals surface area contributed by atoms with E-state index in [1.807, 2.05) is 0 Å². The first-order valence-electron chi connectivity index (χ1n) is 5.86. The summed E-state index contributed by atoms with van der Waals surface area (Å²) in [5, 5.41) is 12.2. The number of hydrogen-bond acceptors (Lipinski definition) is 5. The Morgan fingerprint density at radius 2 is 2.10 bits per heavy atom. The van der Waals surface area contributed by atoms with Gasteiger partial charge in [-0.15, -0.1) is 0 Å². The zero-order chi connectivity index (χ0) is 15.5. The van der Waals surface area contributed by atoms with Crippen molar-refractivity contribution in [2.75, 3.05) is 12.4 Å². The van der Waals surface area contributed by atoms with Crippen molar-refractivity contribution in [1.29, 1.82) is 0 Å². The van der Waals surface area contributed by atoms with Gasteiger partial charge in [0.25, 0.3) is 0 Å². The summed E-state index contributed by atoms with van der Waals surface area (Å²) in [4.78, 5) is 3.91. The highest BCUT2D eigenvalue weighted by Gasteiger charge is 2.30. The molecule has 0 saturated heterocycles. The van der Waals surface area contributed by atoms with Crippen LogP contribution in [0, 0.1) is 0 Å². The maximum Gasteiger partial charge on any atom is 0.416 e. The summed E-state index contributed by atoms with van der Waals surface area (Å²) in [7, 11) is -1.36. The van der Waals surface area contributed by atoms with E-state index < -0.39 is 22.5 Å². The lowest BCUT2D eigenvalue weighted by Crippen LogP contribution is -2.05. The van der Waals surface area contributed by atoms with Crippen LogP contribution in [0.4, 0.5) is 13.2 Å². The molecule has 9 heteroatoms. The number of aliphatic hydroxyl groups is 1. The molecule has 0 saturated carbocycles. The van der Waals surface area contributed by atoms with Gasteiger partial charge in [0.15, 0.2) is 0 Å².